The van der Waals surface area contributed by atoms with Crippen LogP contribution in [0.2, 0.25) is 0 Å². The van der Waals surface area contributed by atoms with Crippen molar-refractivity contribution in [1.29, 1.82) is 0 Å². The molecule has 0 radical (unpaired) electrons. The fourth-order valence-electron chi connectivity index (χ4n) is 3.11. The van der Waals surface area contributed by atoms with Crippen molar-refractivity contribution in [2.24, 2.45) is 10.9 Å². The van der Waals surface area contributed by atoms with Crippen LogP contribution >= 0.6 is 0 Å². The third kappa shape index (κ3) is 2.18. The zero-order valence-electron chi connectivity index (χ0n) is 11.5. The number of carbonyl (C=O) groups is 1. The number of fused-ring (bicyclic) bond motifs is 1. The summed E-state index contributed by atoms with van der Waals surface area (Å²) >= 11 is 0. The van der Waals surface area contributed by atoms with Crippen LogP contribution in [0, 0.1) is 5.92 Å². The number of hydrogen-bond acceptors (Lipinski definition) is 2. The van der Waals surface area contributed by atoms with Crippen LogP contribution in [-0.4, -0.2) is 17.8 Å². The van der Waals surface area contributed by atoms with Crippen LogP contribution in [-0.2, 0) is 11.2 Å². The van der Waals surface area contributed by atoms with Gasteiger partial charge in [0.2, 0.25) is 5.91 Å². The summed E-state index contributed by atoms with van der Waals surface area (Å²) < 4.78 is 0. The van der Waals surface area contributed by atoms with Gasteiger partial charge < -0.3 is 5.32 Å². The maximum atomic E-state index is 12.0. The minimum atomic E-state index is -0.205. The Balaban J connectivity index is 1.93. The van der Waals surface area contributed by atoms with Gasteiger partial charge in [-0.3, -0.25) is 9.79 Å². The molecule has 1 aromatic carbocycles. The summed E-state index contributed by atoms with van der Waals surface area (Å²) in [6.45, 7) is 4.09. The molecule has 0 saturated heterocycles. The lowest BCUT2D eigenvalue weighted by molar-refractivity contribution is -0.120. The summed E-state index contributed by atoms with van der Waals surface area (Å²) in [5.41, 5.74) is 2.75. The van der Waals surface area contributed by atoms with Crippen molar-refractivity contribution in [3.8, 4) is 0 Å². The van der Waals surface area contributed by atoms with Crippen molar-refractivity contribution >= 4 is 11.7 Å². The lowest BCUT2D eigenvalue weighted by Crippen LogP contribution is -2.34. The third-order valence-electron chi connectivity index (χ3n) is 4.13. The van der Waals surface area contributed by atoms with E-state index in [0.717, 1.165) is 18.7 Å². The molecule has 2 aliphatic rings. The Morgan fingerprint density at radius 1 is 1.32 bits per heavy atom. The van der Waals surface area contributed by atoms with E-state index in [2.05, 4.69) is 34.6 Å². The monoisotopic (exact) mass is 256 g/mol. The predicted octanol–water partition coefficient (Wildman–Crippen LogP) is 2.66. The average molecular weight is 256 g/mol. The lowest BCUT2D eigenvalue weighted by Gasteiger charge is -2.25. The summed E-state index contributed by atoms with van der Waals surface area (Å²) in [7, 11) is 0. The Kier molecular flexibility index (Phi) is 3.13. The first-order valence-electron chi connectivity index (χ1n) is 7.13. The molecule has 1 aliphatic carbocycles. The molecule has 0 fully saturated rings. The standard InChI is InChI=1S/C16H20N2O/c1-10(2)14-16(19)18-15(17-14)13-9-5-7-11-6-3-4-8-12(11)13/h3-4,6,8,10,13-14H,5,7,9H2,1-2H3,(H,17,18,19). The zero-order chi connectivity index (χ0) is 13.4. The minimum absolute atomic E-state index is 0.0630. The first kappa shape index (κ1) is 12.4. The van der Waals surface area contributed by atoms with Crippen LogP contribution in [0.1, 0.15) is 43.7 Å². The number of nitrogens with zero attached hydrogens (tertiary/aromatic N) is 1. The van der Waals surface area contributed by atoms with E-state index in [4.69, 9.17) is 0 Å². The highest BCUT2D eigenvalue weighted by Crippen LogP contribution is 2.33. The van der Waals surface area contributed by atoms with Crippen LogP contribution in [0.25, 0.3) is 0 Å². The number of amides is 1. The van der Waals surface area contributed by atoms with Gasteiger partial charge in [0, 0.05) is 5.92 Å². The summed E-state index contributed by atoms with van der Waals surface area (Å²) in [6, 6.07) is 8.33. The summed E-state index contributed by atoms with van der Waals surface area (Å²) in [5.74, 6) is 1.48. The van der Waals surface area contributed by atoms with Crippen molar-refractivity contribution in [2.75, 3.05) is 0 Å². The molecule has 100 valence electrons. The Bertz CT molecular complexity index is 533. The second-order valence-corrected chi connectivity index (χ2v) is 5.84. The fraction of sp³-hybridized carbons (Fsp3) is 0.500. The molecule has 1 amide bonds. The van der Waals surface area contributed by atoms with E-state index in [1.807, 2.05) is 13.8 Å². The maximum Gasteiger partial charge on any atom is 0.250 e. The van der Waals surface area contributed by atoms with E-state index in [1.54, 1.807) is 0 Å². The second kappa shape index (κ2) is 4.80. The summed E-state index contributed by atoms with van der Waals surface area (Å²) in [6.07, 6.45) is 3.39. The normalized spacial score (nSPS) is 26.1. The number of carbonyl (C=O) groups excluding carboxylic acids is 1. The van der Waals surface area contributed by atoms with E-state index >= 15 is 0 Å². The number of rotatable bonds is 2. The number of aliphatic imine (C=N–C) groups is 1. The molecule has 0 spiro atoms. The van der Waals surface area contributed by atoms with Crippen LogP contribution < -0.4 is 5.32 Å². The lowest BCUT2D eigenvalue weighted by atomic mass is 9.82. The van der Waals surface area contributed by atoms with E-state index in [9.17, 15) is 4.79 Å². The van der Waals surface area contributed by atoms with Crippen molar-refractivity contribution in [2.45, 2.75) is 45.1 Å². The number of nitrogens with one attached hydrogen (secondary N) is 1. The molecule has 3 nitrogen and oxygen atoms in total. The van der Waals surface area contributed by atoms with Gasteiger partial charge in [-0.1, -0.05) is 38.1 Å². The van der Waals surface area contributed by atoms with Gasteiger partial charge in [-0.2, -0.15) is 0 Å². The van der Waals surface area contributed by atoms with Crippen molar-refractivity contribution in [3.63, 3.8) is 0 Å². The van der Waals surface area contributed by atoms with Gasteiger partial charge in [0.15, 0.2) is 0 Å². The van der Waals surface area contributed by atoms with Crippen molar-refractivity contribution < 1.29 is 4.79 Å². The number of hydrogen-bond donors (Lipinski definition) is 1. The first-order valence-corrected chi connectivity index (χ1v) is 7.13. The van der Waals surface area contributed by atoms with Gasteiger partial charge in [0.05, 0.1) is 0 Å². The SMILES string of the molecule is CC(C)C1N=C(C2CCCc3ccccc32)NC1=O. The minimum Gasteiger partial charge on any atom is -0.312 e. The molecule has 1 aromatic rings. The summed E-state index contributed by atoms with van der Waals surface area (Å²) in [4.78, 5) is 16.6. The smallest absolute Gasteiger partial charge is 0.250 e. The van der Waals surface area contributed by atoms with E-state index in [-0.39, 0.29) is 23.8 Å². The molecular weight excluding hydrogens is 236 g/mol. The van der Waals surface area contributed by atoms with Crippen LogP contribution in [0.15, 0.2) is 29.3 Å². The largest absolute Gasteiger partial charge is 0.312 e. The Morgan fingerprint density at radius 2 is 2.11 bits per heavy atom. The van der Waals surface area contributed by atoms with Gasteiger partial charge in [0.1, 0.15) is 11.9 Å². The van der Waals surface area contributed by atoms with Gasteiger partial charge >= 0.3 is 0 Å². The highest BCUT2D eigenvalue weighted by Gasteiger charge is 2.34. The zero-order valence-corrected chi connectivity index (χ0v) is 11.5. The molecule has 2 unspecified atom stereocenters. The van der Waals surface area contributed by atoms with Crippen LogP contribution in [0.3, 0.4) is 0 Å². The first-order chi connectivity index (χ1) is 9.16. The van der Waals surface area contributed by atoms with Crippen LogP contribution in [0.5, 0.6) is 0 Å². The molecule has 19 heavy (non-hydrogen) atoms. The van der Waals surface area contributed by atoms with Gasteiger partial charge in [0.25, 0.3) is 0 Å². The molecular formula is C16H20N2O. The Morgan fingerprint density at radius 3 is 2.84 bits per heavy atom. The Hall–Kier alpha value is -1.64. The highest BCUT2D eigenvalue weighted by atomic mass is 16.2. The number of aryl methyl sites for hydroxylation is 1. The second-order valence-electron chi connectivity index (χ2n) is 5.84. The molecule has 2 atom stereocenters. The molecule has 1 heterocycles. The van der Waals surface area contributed by atoms with Gasteiger partial charge in [-0.05, 0) is 36.3 Å². The number of amidine groups is 1. The van der Waals surface area contributed by atoms with Gasteiger partial charge in [-0.25, -0.2) is 0 Å². The van der Waals surface area contributed by atoms with Crippen molar-refractivity contribution in [1.82, 2.24) is 5.32 Å². The van der Waals surface area contributed by atoms with E-state index in [0.29, 0.717) is 0 Å². The summed E-state index contributed by atoms with van der Waals surface area (Å²) in [5, 5.41) is 3.01. The molecule has 0 aromatic heterocycles. The topological polar surface area (TPSA) is 41.5 Å². The Labute approximate surface area is 114 Å². The number of benzene rings is 1. The maximum absolute atomic E-state index is 12.0. The van der Waals surface area contributed by atoms with E-state index < -0.39 is 0 Å². The molecule has 0 bridgehead atoms. The molecule has 1 aliphatic heterocycles. The molecule has 3 heteroatoms. The average Bonchev–Trinajstić information content (AvgIpc) is 2.80. The van der Waals surface area contributed by atoms with Crippen LogP contribution in [0.4, 0.5) is 0 Å². The fourth-order valence-corrected chi connectivity index (χ4v) is 3.11. The quantitative estimate of drug-likeness (QED) is 0.868. The highest BCUT2D eigenvalue weighted by molar-refractivity contribution is 6.08. The molecule has 1 N–H and O–H groups in total. The third-order valence-corrected chi connectivity index (χ3v) is 4.13. The predicted molar refractivity (Wildman–Crippen MR) is 76.3 cm³/mol. The van der Waals surface area contributed by atoms with Gasteiger partial charge in [-0.15, -0.1) is 0 Å². The van der Waals surface area contributed by atoms with Crippen molar-refractivity contribution in [3.05, 3.63) is 35.4 Å². The molecule has 3 rings (SSSR count). The van der Waals surface area contributed by atoms with E-state index in [1.165, 1.54) is 17.5 Å². The molecule has 0 saturated carbocycles.